The zero-order valence-corrected chi connectivity index (χ0v) is 16.0. The second kappa shape index (κ2) is 7.84. The Bertz CT molecular complexity index is 950. The first-order valence-electron chi connectivity index (χ1n) is 9.08. The van der Waals surface area contributed by atoms with Gasteiger partial charge in [0.15, 0.2) is 0 Å². The zero-order valence-electron chi connectivity index (χ0n) is 16.0. The number of hydrogen-bond donors (Lipinski definition) is 1. The number of likely N-dealkylation sites (tertiary alicyclic amines) is 1. The van der Waals surface area contributed by atoms with Gasteiger partial charge in [-0.05, 0) is 54.8 Å². The minimum atomic E-state index is -0.742. The normalized spacial score (nSPS) is 18.6. The molecule has 1 heterocycles. The SMILES string of the molecule is CCCN1C(=O)C(=O)/C(=C(\O)c2ccc(F)c(C)c2)C1c1ccc(OC)cc1. The third-order valence-corrected chi connectivity index (χ3v) is 4.87. The average Bonchev–Trinajstić information content (AvgIpc) is 2.95. The van der Waals surface area contributed by atoms with Gasteiger partial charge in [-0.15, -0.1) is 0 Å². The summed E-state index contributed by atoms with van der Waals surface area (Å²) in [5.41, 5.74) is 1.34. The predicted octanol–water partition coefficient (Wildman–Crippen LogP) is 3.97. The van der Waals surface area contributed by atoms with Crippen LogP contribution in [0.15, 0.2) is 48.0 Å². The summed E-state index contributed by atoms with van der Waals surface area (Å²) in [7, 11) is 1.55. The summed E-state index contributed by atoms with van der Waals surface area (Å²) in [6.07, 6.45) is 0.662. The molecule has 28 heavy (non-hydrogen) atoms. The maximum absolute atomic E-state index is 13.6. The lowest BCUT2D eigenvalue weighted by Gasteiger charge is -2.25. The number of aliphatic hydroxyl groups excluding tert-OH is 1. The number of amides is 1. The van der Waals surface area contributed by atoms with E-state index in [1.165, 1.54) is 23.1 Å². The smallest absolute Gasteiger partial charge is 0.295 e. The second-order valence-electron chi connectivity index (χ2n) is 6.73. The molecule has 1 aliphatic heterocycles. The lowest BCUT2D eigenvalue weighted by molar-refractivity contribution is -0.139. The largest absolute Gasteiger partial charge is 0.507 e. The van der Waals surface area contributed by atoms with Gasteiger partial charge in [-0.1, -0.05) is 19.1 Å². The van der Waals surface area contributed by atoms with E-state index >= 15 is 0 Å². The summed E-state index contributed by atoms with van der Waals surface area (Å²) >= 11 is 0. The molecule has 0 bridgehead atoms. The standard InChI is InChI=1S/C22H22FNO4/c1-4-11-24-19(14-5-8-16(28-3)9-6-14)18(21(26)22(24)27)20(25)15-7-10-17(23)13(2)12-15/h5-10,12,19,25H,4,11H2,1-3H3/b20-18-. The Morgan fingerprint density at radius 2 is 1.86 bits per heavy atom. The van der Waals surface area contributed by atoms with Gasteiger partial charge in [-0.3, -0.25) is 9.59 Å². The van der Waals surface area contributed by atoms with Crippen molar-refractivity contribution in [2.45, 2.75) is 26.3 Å². The summed E-state index contributed by atoms with van der Waals surface area (Å²) in [5, 5.41) is 10.9. The Balaban J connectivity index is 2.17. The molecule has 146 valence electrons. The number of aryl methyl sites for hydroxylation is 1. The maximum atomic E-state index is 13.6. The number of ether oxygens (including phenoxy) is 1. The highest BCUT2D eigenvalue weighted by atomic mass is 19.1. The van der Waals surface area contributed by atoms with E-state index in [9.17, 15) is 19.1 Å². The van der Waals surface area contributed by atoms with E-state index in [4.69, 9.17) is 4.74 Å². The van der Waals surface area contributed by atoms with Crippen LogP contribution in [0.3, 0.4) is 0 Å². The fourth-order valence-corrected chi connectivity index (χ4v) is 3.43. The molecule has 3 rings (SSSR count). The third kappa shape index (κ3) is 3.38. The summed E-state index contributed by atoms with van der Waals surface area (Å²) < 4.78 is 18.8. The van der Waals surface area contributed by atoms with E-state index in [-0.39, 0.29) is 11.3 Å². The highest BCUT2D eigenvalue weighted by Crippen LogP contribution is 2.40. The molecule has 1 atom stereocenters. The van der Waals surface area contributed by atoms with E-state index < -0.39 is 23.5 Å². The molecule has 0 aliphatic carbocycles. The molecule has 6 heteroatoms. The molecule has 1 N–H and O–H groups in total. The van der Waals surface area contributed by atoms with Gasteiger partial charge in [0.25, 0.3) is 11.7 Å². The topological polar surface area (TPSA) is 66.8 Å². The summed E-state index contributed by atoms with van der Waals surface area (Å²) in [5.74, 6) is -1.46. The molecule has 0 spiro atoms. The van der Waals surface area contributed by atoms with E-state index in [0.29, 0.717) is 35.4 Å². The van der Waals surface area contributed by atoms with Gasteiger partial charge < -0.3 is 14.7 Å². The van der Waals surface area contributed by atoms with Crippen molar-refractivity contribution in [1.29, 1.82) is 0 Å². The van der Waals surface area contributed by atoms with Gasteiger partial charge in [0, 0.05) is 12.1 Å². The predicted molar refractivity (Wildman–Crippen MR) is 103 cm³/mol. The fraction of sp³-hybridized carbons (Fsp3) is 0.273. The van der Waals surface area contributed by atoms with Crippen molar-refractivity contribution in [2.24, 2.45) is 0 Å². The molecule has 1 aliphatic rings. The van der Waals surface area contributed by atoms with Crippen molar-refractivity contribution >= 4 is 17.4 Å². The van der Waals surface area contributed by atoms with Gasteiger partial charge >= 0.3 is 0 Å². The number of methoxy groups -OCH3 is 1. The number of rotatable bonds is 5. The summed E-state index contributed by atoms with van der Waals surface area (Å²) in [4.78, 5) is 26.8. The van der Waals surface area contributed by atoms with Crippen LogP contribution >= 0.6 is 0 Å². The number of benzene rings is 2. The lowest BCUT2D eigenvalue weighted by Crippen LogP contribution is -2.30. The molecule has 5 nitrogen and oxygen atoms in total. The van der Waals surface area contributed by atoms with Gasteiger partial charge in [0.05, 0.1) is 18.7 Å². The Labute approximate surface area is 163 Å². The van der Waals surface area contributed by atoms with E-state index in [1.54, 1.807) is 38.3 Å². The molecular formula is C22H22FNO4. The fourth-order valence-electron chi connectivity index (χ4n) is 3.43. The number of nitrogens with zero attached hydrogens (tertiary/aromatic N) is 1. The first-order chi connectivity index (χ1) is 13.4. The minimum Gasteiger partial charge on any atom is -0.507 e. The van der Waals surface area contributed by atoms with Gasteiger partial charge in [0.1, 0.15) is 17.3 Å². The van der Waals surface area contributed by atoms with Gasteiger partial charge in [-0.25, -0.2) is 4.39 Å². The van der Waals surface area contributed by atoms with Crippen molar-refractivity contribution < 1.29 is 23.8 Å². The van der Waals surface area contributed by atoms with Crippen LogP contribution < -0.4 is 4.74 Å². The lowest BCUT2D eigenvalue weighted by atomic mass is 9.94. The maximum Gasteiger partial charge on any atom is 0.295 e. The van der Waals surface area contributed by atoms with Crippen LogP contribution in [0.25, 0.3) is 5.76 Å². The van der Waals surface area contributed by atoms with Crippen LogP contribution in [0.1, 0.15) is 36.1 Å². The van der Waals surface area contributed by atoms with Crippen LogP contribution in [0.2, 0.25) is 0 Å². The number of hydrogen-bond acceptors (Lipinski definition) is 4. The number of Topliss-reactive ketones (excluding diaryl/α,β-unsaturated/α-hetero) is 1. The molecule has 0 saturated carbocycles. The summed E-state index contributed by atoms with van der Waals surface area (Å²) in [6, 6.07) is 10.4. The Morgan fingerprint density at radius 1 is 1.18 bits per heavy atom. The molecule has 0 aromatic heterocycles. The van der Waals surface area contributed by atoms with Gasteiger partial charge in [0.2, 0.25) is 0 Å². The molecule has 0 radical (unpaired) electrons. The van der Waals surface area contributed by atoms with Crippen molar-refractivity contribution in [3.8, 4) is 5.75 Å². The van der Waals surface area contributed by atoms with Crippen LogP contribution in [-0.4, -0.2) is 35.4 Å². The van der Waals surface area contributed by atoms with Crippen molar-refractivity contribution in [3.05, 3.63) is 70.5 Å². The Morgan fingerprint density at radius 3 is 2.43 bits per heavy atom. The first kappa shape index (κ1) is 19.6. The monoisotopic (exact) mass is 383 g/mol. The molecule has 1 fully saturated rings. The van der Waals surface area contributed by atoms with Crippen molar-refractivity contribution in [2.75, 3.05) is 13.7 Å². The van der Waals surface area contributed by atoms with Crippen LogP contribution in [0.5, 0.6) is 5.75 Å². The number of carbonyl (C=O) groups excluding carboxylic acids is 2. The molecular weight excluding hydrogens is 361 g/mol. The van der Waals surface area contributed by atoms with Crippen LogP contribution in [-0.2, 0) is 9.59 Å². The number of aliphatic hydroxyl groups is 1. The average molecular weight is 383 g/mol. The van der Waals surface area contributed by atoms with Crippen LogP contribution in [0, 0.1) is 12.7 Å². The minimum absolute atomic E-state index is 0.00891. The number of halogens is 1. The highest BCUT2D eigenvalue weighted by Gasteiger charge is 2.45. The molecule has 1 amide bonds. The first-order valence-corrected chi connectivity index (χ1v) is 9.08. The van der Waals surface area contributed by atoms with E-state index in [1.807, 2.05) is 6.92 Å². The molecule has 2 aromatic carbocycles. The molecule has 1 unspecified atom stereocenters. The third-order valence-electron chi connectivity index (χ3n) is 4.87. The zero-order chi connectivity index (χ0) is 20.4. The van der Waals surface area contributed by atoms with Crippen LogP contribution in [0.4, 0.5) is 4.39 Å². The summed E-state index contributed by atoms with van der Waals surface area (Å²) in [6.45, 7) is 3.86. The number of carbonyl (C=O) groups is 2. The van der Waals surface area contributed by atoms with Crippen molar-refractivity contribution in [1.82, 2.24) is 4.90 Å². The highest BCUT2D eigenvalue weighted by molar-refractivity contribution is 6.46. The Hall–Kier alpha value is -3.15. The Kier molecular flexibility index (Phi) is 5.49. The molecule has 2 aromatic rings. The van der Waals surface area contributed by atoms with Gasteiger partial charge in [-0.2, -0.15) is 0 Å². The van der Waals surface area contributed by atoms with Crippen molar-refractivity contribution in [3.63, 3.8) is 0 Å². The van der Waals surface area contributed by atoms with E-state index in [2.05, 4.69) is 0 Å². The second-order valence-corrected chi connectivity index (χ2v) is 6.73. The number of ketones is 1. The molecule has 1 saturated heterocycles. The van der Waals surface area contributed by atoms with E-state index in [0.717, 1.165) is 0 Å². The quantitative estimate of drug-likeness (QED) is 0.482.